The molecule has 94 valence electrons. The molecule has 1 heterocycles. The zero-order valence-electron chi connectivity index (χ0n) is 10.7. The van der Waals surface area contributed by atoms with E-state index in [2.05, 4.69) is 12.2 Å². The summed E-state index contributed by atoms with van der Waals surface area (Å²) >= 11 is 0. The second kappa shape index (κ2) is 6.61. The highest BCUT2D eigenvalue weighted by atomic mass is 16.5. The van der Waals surface area contributed by atoms with Gasteiger partial charge >= 0.3 is 0 Å². The van der Waals surface area contributed by atoms with Gasteiger partial charge in [-0.1, -0.05) is 26.2 Å². The van der Waals surface area contributed by atoms with Crippen LogP contribution in [0.5, 0.6) is 0 Å². The van der Waals surface area contributed by atoms with E-state index < -0.39 is 0 Å². The monoisotopic (exact) mass is 225 g/mol. The Morgan fingerprint density at radius 2 is 1.88 bits per heavy atom. The lowest BCUT2D eigenvalue weighted by Gasteiger charge is -2.23. The Bertz CT molecular complexity index is 189. The van der Waals surface area contributed by atoms with Gasteiger partial charge in [-0.15, -0.1) is 0 Å². The van der Waals surface area contributed by atoms with Gasteiger partial charge < -0.3 is 10.1 Å². The van der Waals surface area contributed by atoms with Crippen LogP contribution in [0.4, 0.5) is 0 Å². The number of ether oxygens (including phenoxy) is 1. The molecule has 2 unspecified atom stereocenters. The Hall–Kier alpha value is -0.0800. The maximum absolute atomic E-state index is 5.72. The predicted molar refractivity (Wildman–Crippen MR) is 67.6 cm³/mol. The van der Waals surface area contributed by atoms with Gasteiger partial charge in [0.15, 0.2) is 0 Å². The molecule has 1 saturated carbocycles. The molecular formula is C14H27NO. The minimum atomic E-state index is 0.527. The van der Waals surface area contributed by atoms with Gasteiger partial charge in [0.2, 0.25) is 0 Å². The molecule has 2 fully saturated rings. The summed E-state index contributed by atoms with van der Waals surface area (Å²) in [5, 5.41) is 3.68. The number of nitrogens with one attached hydrogen (secondary N) is 1. The first kappa shape index (κ1) is 12.4. The van der Waals surface area contributed by atoms with E-state index >= 15 is 0 Å². The summed E-state index contributed by atoms with van der Waals surface area (Å²) in [5.74, 6) is 1.73. The topological polar surface area (TPSA) is 21.3 Å². The van der Waals surface area contributed by atoms with E-state index in [0.717, 1.165) is 18.4 Å². The van der Waals surface area contributed by atoms with Crippen LogP contribution < -0.4 is 5.32 Å². The maximum atomic E-state index is 5.72. The molecule has 16 heavy (non-hydrogen) atoms. The normalized spacial score (nSPS) is 32.1. The van der Waals surface area contributed by atoms with Crippen LogP contribution in [0.25, 0.3) is 0 Å². The fraction of sp³-hybridized carbons (Fsp3) is 1.00. The largest absolute Gasteiger partial charge is 0.378 e. The summed E-state index contributed by atoms with van der Waals surface area (Å²) < 4.78 is 5.72. The van der Waals surface area contributed by atoms with E-state index in [1.165, 1.54) is 58.0 Å². The Balaban J connectivity index is 1.59. The first-order valence-electron chi connectivity index (χ1n) is 7.22. The van der Waals surface area contributed by atoms with Crippen LogP contribution >= 0.6 is 0 Å². The highest BCUT2D eigenvalue weighted by Crippen LogP contribution is 2.24. The van der Waals surface area contributed by atoms with E-state index in [1.54, 1.807) is 0 Å². The average Bonchev–Trinajstić information content (AvgIpc) is 2.78. The summed E-state index contributed by atoms with van der Waals surface area (Å²) in [7, 11) is 0. The van der Waals surface area contributed by atoms with Crippen LogP contribution in [0, 0.1) is 11.8 Å². The van der Waals surface area contributed by atoms with Gasteiger partial charge in [-0.3, -0.25) is 0 Å². The van der Waals surface area contributed by atoms with Gasteiger partial charge in [0.05, 0.1) is 6.10 Å². The van der Waals surface area contributed by atoms with Crippen molar-refractivity contribution in [3.8, 4) is 0 Å². The second-order valence-electron chi connectivity index (χ2n) is 5.53. The molecule has 2 heteroatoms. The molecule has 0 radical (unpaired) electrons. The lowest BCUT2D eigenvalue weighted by Crippen LogP contribution is -2.32. The van der Waals surface area contributed by atoms with Crippen LogP contribution in [0.2, 0.25) is 0 Å². The molecule has 0 spiro atoms. The van der Waals surface area contributed by atoms with Crippen molar-refractivity contribution in [3.05, 3.63) is 0 Å². The van der Waals surface area contributed by atoms with Crippen molar-refractivity contribution >= 4 is 0 Å². The van der Waals surface area contributed by atoms with Crippen molar-refractivity contribution in [1.29, 1.82) is 0 Å². The highest BCUT2D eigenvalue weighted by Gasteiger charge is 2.26. The quantitative estimate of drug-likeness (QED) is 0.776. The molecule has 1 saturated heterocycles. The Morgan fingerprint density at radius 3 is 2.62 bits per heavy atom. The fourth-order valence-electron chi connectivity index (χ4n) is 3.24. The van der Waals surface area contributed by atoms with Crippen LogP contribution in [0.1, 0.15) is 51.9 Å². The molecule has 1 aliphatic carbocycles. The number of rotatable bonds is 5. The van der Waals surface area contributed by atoms with Crippen LogP contribution in [0.3, 0.4) is 0 Å². The second-order valence-corrected chi connectivity index (χ2v) is 5.53. The highest BCUT2D eigenvalue weighted by molar-refractivity contribution is 4.78. The fourth-order valence-corrected chi connectivity index (χ4v) is 3.24. The third kappa shape index (κ3) is 3.46. The first-order valence-corrected chi connectivity index (χ1v) is 7.22. The van der Waals surface area contributed by atoms with Crippen molar-refractivity contribution in [3.63, 3.8) is 0 Å². The van der Waals surface area contributed by atoms with Gasteiger partial charge in [-0.2, -0.15) is 0 Å². The van der Waals surface area contributed by atoms with E-state index in [1.807, 2.05) is 0 Å². The number of hydrogen-bond donors (Lipinski definition) is 1. The molecule has 0 bridgehead atoms. The number of hydrogen-bond acceptors (Lipinski definition) is 2. The van der Waals surface area contributed by atoms with Crippen molar-refractivity contribution in [2.45, 2.75) is 58.0 Å². The molecule has 2 atom stereocenters. The Kier molecular flexibility index (Phi) is 5.11. The SMILES string of the molecule is CCC1OCCC1CNCC1CCCCC1. The van der Waals surface area contributed by atoms with Crippen molar-refractivity contribution < 1.29 is 4.74 Å². The smallest absolute Gasteiger partial charge is 0.0613 e. The molecular weight excluding hydrogens is 198 g/mol. The van der Waals surface area contributed by atoms with Crippen molar-refractivity contribution in [1.82, 2.24) is 5.32 Å². The van der Waals surface area contributed by atoms with E-state index in [9.17, 15) is 0 Å². The molecule has 0 aromatic carbocycles. The van der Waals surface area contributed by atoms with Crippen LogP contribution in [-0.2, 0) is 4.74 Å². The zero-order chi connectivity index (χ0) is 11.2. The standard InChI is InChI=1S/C14H27NO/c1-2-14-13(8-9-16-14)11-15-10-12-6-4-3-5-7-12/h12-15H,2-11H2,1H3. The Morgan fingerprint density at radius 1 is 1.06 bits per heavy atom. The molecule has 2 rings (SSSR count). The van der Waals surface area contributed by atoms with E-state index in [0.29, 0.717) is 6.10 Å². The summed E-state index contributed by atoms with van der Waals surface area (Å²) in [6.07, 6.45) is 10.2. The predicted octanol–water partition coefficient (Wildman–Crippen LogP) is 2.97. The maximum Gasteiger partial charge on any atom is 0.0613 e. The minimum Gasteiger partial charge on any atom is -0.378 e. The molecule has 1 N–H and O–H groups in total. The van der Waals surface area contributed by atoms with Crippen LogP contribution in [0.15, 0.2) is 0 Å². The van der Waals surface area contributed by atoms with Gasteiger partial charge in [-0.25, -0.2) is 0 Å². The Labute approximate surface area is 100 Å². The van der Waals surface area contributed by atoms with Gasteiger partial charge in [0.1, 0.15) is 0 Å². The lowest BCUT2D eigenvalue weighted by molar-refractivity contribution is 0.0869. The van der Waals surface area contributed by atoms with Crippen molar-refractivity contribution in [2.75, 3.05) is 19.7 Å². The molecule has 2 aliphatic rings. The molecule has 0 aromatic heterocycles. The minimum absolute atomic E-state index is 0.527. The third-order valence-electron chi connectivity index (χ3n) is 4.31. The van der Waals surface area contributed by atoms with Gasteiger partial charge in [0.25, 0.3) is 0 Å². The summed E-state index contributed by atoms with van der Waals surface area (Å²) in [6.45, 7) is 5.64. The molecule has 2 nitrogen and oxygen atoms in total. The summed E-state index contributed by atoms with van der Waals surface area (Å²) in [4.78, 5) is 0. The first-order chi connectivity index (χ1) is 7.90. The summed E-state index contributed by atoms with van der Waals surface area (Å²) in [5.41, 5.74) is 0. The molecule has 0 amide bonds. The van der Waals surface area contributed by atoms with Crippen molar-refractivity contribution in [2.24, 2.45) is 11.8 Å². The van der Waals surface area contributed by atoms with E-state index in [-0.39, 0.29) is 0 Å². The average molecular weight is 225 g/mol. The van der Waals surface area contributed by atoms with Gasteiger partial charge in [0, 0.05) is 13.2 Å². The van der Waals surface area contributed by atoms with E-state index in [4.69, 9.17) is 4.74 Å². The zero-order valence-corrected chi connectivity index (χ0v) is 10.7. The van der Waals surface area contributed by atoms with Crippen LogP contribution in [-0.4, -0.2) is 25.8 Å². The lowest BCUT2D eigenvalue weighted by atomic mass is 9.89. The third-order valence-corrected chi connectivity index (χ3v) is 4.31. The van der Waals surface area contributed by atoms with Gasteiger partial charge in [-0.05, 0) is 44.1 Å². The molecule has 1 aliphatic heterocycles. The summed E-state index contributed by atoms with van der Waals surface area (Å²) in [6, 6.07) is 0. The molecule has 0 aromatic rings.